The Labute approximate surface area is 156 Å². The number of pyridine rings is 1. The minimum absolute atomic E-state index is 0.0593. The third-order valence-electron chi connectivity index (χ3n) is 4.35. The van der Waals surface area contributed by atoms with Crippen LogP contribution >= 0.6 is 0 Å². The summed E-state index contributed by atoms with van der Waals surface area (Å²) in [6.07, 6.45) is 7.24. The molecule has 0 unspecified atom stereocenters. The fourth-order valence-corrected chi connectivity index (χ4v) is 2.89. The van der Waals surface area contributed by atoms with Gasteiger partial charge in [0.25, 0.3) is 0 Å². The normalized spacial score (nSPS) is 11.2. The summed E-state index contributed by atoms with van der Waals surface area (Å²) in [4.78, 5) is 16.5. The average Bonchev–Trinajstić information content (AvgIpc) is 3.31. The lowest BCUT2D eigenvalue weighted by Crippen LogP contribution is -2.14. The minimum Gasteiger partial charge on any atom is -0.323 e. The summed E-state index contributed by atoms with van der Waals surface area (Å²) < 4.78 is 3.54. The van der Waals surface area contributed by atoms with E-state index < -0.39 is 0 Å². The number of fused-ring (bicyclic) bond motifs is 1. The Morgan fingerprint density at radius 1 is 1.11 bits per heavy atom. The van der Waals surface area contributed by atoms with Crippen molar-refractivity contribution in [3.05, 3.63) is 66.9 Å². The summed E-state index contributed by atoms with van der Waals surface area (Å²) in [5, 5.41) is 11.2. The van der Waals surface area contributed by atoms with Gasteiger partial charge in [-0.3, -0.25) is 9.48 Å². The molecule has 7 heteroatoms. The highest BCUT2D eigenvalue weighted by Crippen LogP contribution is 2.21. The highest BCUT2D eigenvalue weighted by molar-refractivity contribution is 5.92. The van der Waals surface area contributed by atoms with Crippen LogP contribution in [0.3, 0.4) is 0 Å². The van der Waals surface area contributed by atoms with Crippen molar-refractivity contribution in [2.45, 2.75) is 26.3 Å². The molecule has 0 saturated carbocycles. The molecule has 0 aliphatic carbocycles. The number of hydrogen-bond acceptors (Lipinski definition) is 4. The molecule has 0 fully saturated rings. The van der Waals surface area contributed by atoms with Gasteiger partial charge in [0, 0.05) is 18.4 Å². The van der Waals surface area contributed by atoms with Gasteiger partial charge >= 0.3 is 0 Å². The summed E-state index contributed by atoms with van der Waals surface area (Å²) >= 11 is 0. The van der Waals surface area contributed by atoms with Crippen molar-refractivity contribution >= 4 is 17.2 Å². The van der Waals surface area contributed by atoms with Crippen LogP contribution in [0, 0.1) is 0 Å². The van der Waals surface area contributed by atoms with Crippen LogP contribution in [0.25, 0.3) is 16.8 Å². The molecule has 0 spiro atoms. The number of benzene rings is 1. The molecule has 0 aliphatic heterocycles. The van der Waals surface area contributed by atoms with Gasteiger partial charge in [-0.15, -0.1) is 0 Å². The molecular weight excluding hydrogens is 340 g/mol. The lowest BCUT2D eigenvalue weighted by atomic mass is 10.0. The monoisotopic (exact) mass is 360 g/mol. The molecule has 27 heavy (non-hydrogen) atoms. The van der Waals surface area contributed by atoms with E-state index in [0.717, 1.165) is 22.3 Å². The van der Waals surface area contributed by atoms with Gasteiger partial charge in [-0.25, -0.2) is 9.50 Å². The van der Waals surface area contributed by atoms with Gasteiger partial charge in [0.05, 0.1) is 18.3 Å². The molecule has 1 aromatic carbocycles. The maximum Gasteiger partial charge on any atom is 0.228 e. The fraction of sp³-hybridized carbons (Fsp3) is 0.200. The molecule has 7 nitrogen and oxygen atoms in total. The molecule has 0 atom stereocenters. The summed E-state index contributed by atoms with van der Waals surface area (Å²) in [5.41, 5.74) is 4.61. The van der Waals surface area contributed by atoms with Crippen LogP contribution in [0.15, 0.2) is 61.3 Å². The number of amides is 1. The Balaban J connectivity index is 1.43. The first kappa shape index (κ1) is 17.0. The molecule has 136 valence electrons. The topological polar surface area (TPSA) is 77.1 Å². The van der Waals surface area contributed by atoms with Crippen LogP contribution in [0.5, 0.6) is 0 Å². The predicted molar refractivity (Wildman–Crippen MR) is 103 cm³/mol. The quantitative estimate of drug-likeness (QED) is 0.592. The lowest BCUT2D eigenvalue weighted by Gasteiger charge is -2.06. The van der Waals surface area contributed by atoms with Crippen molar-refractivity contribution in [2.24, 2.45) is 0 Å². The van der Waals surface area contributed by atoms with Gasteiger partial charge in [0.1, 0.15) is 6.33 Å². The van der Waals surface area contributed by atoms with Crippen molar-refractivity contribution in [2.75, 3.05) is 5.32 Å². The summed E-state index contributed by atoms with van der Waals surface area (Å²) in [6.45, 7) is 4.09. The molecule has 1 N–H and O–H groups in total. The average molecular weight is 360 g/mol. The van der Waals surface area contributed by atoms with E-state index in [4.69, 9.17) is 0 Å². The zero-order valence-corrected chi connectivity index (χ0v) is 15.2. The summed E-state index contributed by atoms with van der Waals surface area (Å²) in [5.74, 6) is -0.0593. The molecule has 0 bridgehead atoms. The van der Waals surface area contributed by atoms with Crippen molar-refractivity contribution in [1.29, 1.82) is 0 Å². The van der Waals surface area contributed by atoms with Crippen LogP contribution in [-0.4, -0.2) is 30.3 Å². The van der Waals surface area contributed by atoms with Gasteiger partial charge < -0.3 is 5.32 Å². The first-order valence-electron chi connectivity index (χ1n) is 8.81. The molecule has 1 amide bonds. The maximum absolute atomic E-state index is 12.3. The number of rotatable bonds is 5. The van der Waals surface area contributed by atoms with E-state index in [9.17, 15) is 4.79 Å². The van der Waals surface area contributed by atoms with Gasteiger partial charge in [0.15, 0.2) is 5.65 Å². The summed E-state index contributed by atoms with van der Waals surface area (Å²) in [6, 6.07) is 12.2. The fourth-order valence-electron chi connectivity index (χ4n) is 2.89. The zero-order chi connectivity index (χ0) is 18.8. The Hall–Kier alpha value is -3.48. The Morgan fingerprint density at radius 3 is 2.67 bits per heavy atom. The smallest absolute Gasteiger partial charge is 0.228 e. The number of anilines is 1. The van der Waals surface area contributed by atoms with E-state index in [-0.39, 0.29) is 11.9 Å². The predicted octanol–water partition coefficient (Wildman–Crippen LogP) is 3.35. The third kappa shape index (κ3) is 3.72. The van der Waals surface area contributed by atoms with E-state index in [1.165, 1.54) is 6.33 Å². The lowest BCUT2D eigenvalue weighted by molar-refractivity contribution is -0.115. The first-order chi connectivity index (χ1) is 13.1. The molecule has 4 aromatic rings. The van der Waals surface area contributed by atoms with Crippen LogP contribution in [-0.2, 0) is 11.2 Å². The molecule has 0 aliphatic rings. The van der Waals surface area contributed by atoms with Crippen LogP contribution in [0.1, 0.15) is 25.5 Å². The van der Waals surface area contributed by atoms with E-state index >= 15 is 0 Å². The summed E-state index contributed by atoms with van der Waals surface area (Å²) in [7, 11) is 0. The number of aromatic nitrogens is 5. The number of nitrogens with one attached hydrogen (secondary N) is 1. The molecule has 3 aromatic heterocycles. The Morgan fingerprint density at radius 2 is 1.93 bits per heavy atom. The maximum atomic E-state index is 12.3. The van der Waals surface area contributed by atoms with Crippen molar-refractivity contribution in [3.63, 3.8) is 0 Å². The second kappa shape index (κ2) is 7.03. The van der Waals surface area contributed by atoms with E-state index in [1.807, 2.05) is 67.3 Å². The molecule has 4 rings (SSSR count). The van der Waals surface area contributed by atoms with Gasteiger partial charge in [0.2, 0.25) is 5.91 Å². The third-order valence-corrected chi connectivity index (χ3v) is 4.35. The van der Waals surface area contributed by atoms with E-state index in [1.54, 1.807) is 10.7 Å². The second-order valence-electron chi connectivity index (χ2n) is 6.70. The molecule has 0 saturated heterocycles. The van der Waals surface area contributed by atoms with E-state index in [0.29, 0.717) is 12.1 Å². The molecule has 3 heterocycles. The number of hydrogen-bond donors (Lipinski definition) is 1. The van der Waals surface area contributed by atoms with Crippen molar-refractivity contribution in [3.8, 4) is 11.1 Å². The number of carbonyl (C=O) groups excluding carboxylic acids is 1. The second-order valence-corrected chi connectivity index (χ2v) is 6.70. The highest BCUT2D eigenvalue weighted by Gasteiger charge is 2.08. The van der Waals surface area contributed by atoms with Gasteiger partial charge in [-0.1, -0.05) is 24.3 Å². The van der Waals surface area contributed by atoms with Gasteiger partial charge in [-0.2, -0.15) is 10.2 Å². The van der Waals surface area contributed by atoms with E-state index in [2.05, 4.69) is 20.5 Å². The zero-order valence-electron chi connectivity index (χ0n) is 15.2. The minimum atomic E-state index is -0.0593. The number of carbonyl (C=O) groups is 1. The number of nitrogens with zero attached hydrogens (tertiary/aromatic N) is 5. The van der Waals surface area contributed by atoms with Crippen LogP contribution < -0.4 is 5.32 Å². The van der Waals surface area contributed by atoms with Crippen LogP contribution in [0.4, 0.5) is 5.69 Å². The van der Waals surface area contributed by atoms with Crippen LogP contribution in [0.2, 0.25) is 0 Å². The first-order valence-corrected chi connectivity index (χ1v) is 8.81. The van der Waals surface area contributed by atoms with Gasteiger partial charge in [-0.05, 0) is 42.7 Å². The molecule has 0 radical (unpaired) electrons. The highest BCUT2D eigenvalue weighted by atomic mass is 16.1. The standard InChI is InChI=1S/C20H20N6O/c1-14(2)26-12-18(11-22-26)24-20(27)9-15-3-5-16(6-4-15)17-7-8-25-19(10-17)21-13-23-25/h3-8,10-14H,9H2,1-2H3,(H,24,27). The van der Waals surface area contributed by atoms with Crippen molar-refractivity contribution < 1.29 is 4.79 Å². The largest absolute Gasteiger partial charge is 0.323 e. The molecular formula is C20H20N6O. The SMILES string of the molecule is CC(C)n1cc(NC(=O)Cc2ccc(-c3ccn4ncnc4c3)cc2)cn1. The Bertz CT molecular complexity index is 1080. The van der Waals surface area contributed by atoms with Crippen molar-refractivity contribution in [1.82, 2.24) is 24.4 Å². The Kier molecular flexibility index (Phi) is 4.42.